The molecule has 0 fully saturated rings. The Labute approximate surface area is 85.3 Å². The molecule has 0 radical (unpaired) electrons. The van der Waals surface area contributed by atoms with Gasteiger partial charge in [-0.25, -0.2) is 4.98 Å². The summed E-state index contributed by atoms with van der Waals surface area (Å²) in [4.78, 5) is 4.39. The van der Waals surface area contributed by atoms with Gasteiger partial charge in [-0.3, -0.25) is 5.10 Å². The fourth-order valence-electron chi connectivity index (χ4n) is 1.38. The van der Waals surface area contributed by atoms with Crippen molar-refractivity contribution in [3.8, 4) is 0 Å². The molecule has 3 N–H and O–H groups in total. The second-order valence-electron chi connectivity index (χ2n) is 4.05. The van der Waals surface area contributed by atoms with Gasteiger partial charge in [-0.2, -0.15) is 5.10 Å². The van der Waals surface area contributed by atoms with Gasteiger partial charge in [0.15, 0.2) is 5.82 Å². The number of nitrogens with one attached hydrogen (secondary N) is 1. The van der Waals surface area contributed by atoms with E-state index in [9.17, 15) is 0 Å². The molecule has 0 aromatic carbocycles. The zero-order valence-electron chi connectivity index (χ0n) is 9.25. The van der Waals surface area contributed by atoms with E-state index in [1.807, 2.05) is 0 Å². The molecular weight excluding hydrogens is 176 g/mol. The SMILES string of the molecule is CCCC(N)Cc1nc(C(C)C)n[nH]1. The molecule has 1 atom stereocenters. The van der Waals surface area contributed by atoms with Gasteiger partial charge >= 0.3 is 0 Å². The number of aromatic amines is 1. The van der Waals surface area contributed by atoms with Crippen LogP contribution < -0.4 is 5.73 Å². The van der Waals surface area contributed by atoms with Crippen molar-refractivity contribution in [2.75, 3.05) is 0 Å². The molecule has 0 amide bonds. The predicted molar refractivity (Wildman–Crippen MR) is 57.1 cm³/mol. The molecule has 0 aliphatic heterocycles. The largest absolute Gasteiger partial charge is 0.327 e. The van der Waals surface area contributed by atoms with Crippen LogP contribution in [-0.2, 0) is 6.42 Å². The summed E-state index contributed by atoms with van der Waals surface area (Å²) in [7, 11) is 0. The molecule has 0 aliphatic carbocycles. The first kappa shape index (κ1) is 11.2. The molecule has 14 heavy (non-hydrogen) atoms. The van der Waals surface area contributed by atoms with Crippen molar-refractivity contribution in [1.82, 2.24) is 15.2 Å². The molecule has 1 heterocycles. The monoisotopic (exact) mass is 196 g/mol. The molecule has 0 spiro atoms. The number of nitrogens with zero attached hydrogens (tertiary/aromatic N) is 2. The quantitative estimate of drug-likeness (QED) is 0.751. The average molecular weight is 196 g/mol. The second-order valence-corrected chi connectivity index (χ2v) is 4.05. The lowest BCUT2D eigenvalue weighted by Crippen LogP contribution is -2.22. The van der Waals surface area contributed by atoms with Crippen LogP contribution in [0.4, 0.5) is 0 Å². The van der Waals surface area contributed by atoms with E-state index < -0.39 is 0 Å². The highest BCUT2D eigenvalue weighted by atomic mass is 15.2. The number of hydrogen-bond acceptors (Lipinski definition) is 3. The highest BCUT2D eigenvalue weighted by Gasteiger charge is 2.09. The first-order valence-electron chi connectivity index (χ1n) is 5.30. The molecule has 4 nitrogen and oxygen atoms in total. The molecule has 80 valence electrons. The summed E-state index contributed by atoms with van der Waals surface area (Å²) in [5, 5.41) is 7.07. The molecule has 1 rings (SSSR count). The maximum atomic E-state index is 5.91. The normalized spacial score (nSPS) is 13.5. The van der Waals surface area contributed by atoms with E-state index >= 15 is 0 Å². The van der Waals surface area contributed by atoms with Crippen LogP contribution in [0, 0.1) is 0 Å². The Kier molecular flexibility index (Phi) is 4.07. The molecular formula is C10H20N4. The van der Waals surface area contributed by atoms with Crippen molar-refractivity contribution in [3.63, 3.8) is 0 Å². The molecule has 0 saturated heterocycles. The van der Waals surface area contributed by atoms with Crippen LogP contribution in [0.1, 0.15) is 51.2 Å². The lowest BCUT2D eigenvalue weighted by molar-refractivity contribution is 0.585. The average Bonchev–Trinajstić information content (AvgIpc) is 2.53. The van der Waals surface area contributed by atoms with Crippen molar-refractivity contribution >= 4 is 0 Å². The maximum Gasteiger partial charge on any atom is 0.153 e. The van der Waals surface area contributed by atoms with Crippen LogP contribution in [0.15, 0.2) is 0 Å². The fourth-order valence-corrected chi connectivity index (χ4v) is 1.38. The summed E-state index contributed by atoms with van der Waals surface area (Å²) in [6.45, 7) is 6.30. The first-order chi connectivity index (χ1) is 6.63. The number of hydrogen-bond donors (Lipinski definition) is 2. The van der Waals surface area contributed by atoms with Crippen LogP contribution in [-0.4, -0.2) is 21.2 Å². The van der Waals surface area contributed by atoms with Crippen LogP contribution in [0.2, 0.25) is 0 Å². The predicted octanol–water partition coefficient (Wildman–Crippen LogP) is 1.60. The molecule has 0 aliphatic rings. The van der Waals surface area contributed by atoms with E-state index in [-0.39, 0.29) is 6.04 Å². The van der Waals surface area contributed by atoms with Gasteiger partial charge in [0.25, 0.3) is 0 Å². The number of nitrogens with two attached hydrogens (primary N) is 1. The van der Waals surface area contributed by atoms with Crippen LogP contribution in [0.5, 0.6) is 0 Å². The zero-order chi connectivity index (χ0) is 10.6. The first-order valence-corrected chi connectivity index (χ1v) is 5.30. The minimum atomic E-state index is 0.202. The standard InChI is InChI=1S/C10H20N4/c1-4-5-8(11)6-9-12-10(7(2)3)14-13-9/h7-8H,4-6,11H2,1-3H3,(H,12,13,14). The maximum absolute atomic E-state index is 5.91. The summed E-state index contributed by atoms with van der Waals surface area (Å²) in [6, 6.07) is 0.202. The molecule has 0 saturated carbocycles. The van der Waals surface area contributed by atoms with Gasteiger partial charge in [0.05, 0.1) is 0 Å². The van der Waals surface area contributed by atoms with Crippen molar-refractivity contribution in [2.24, 2.45) is 5.73 Å². The zero-order valence-corrected chi connectivity index (χ0v) is 9.25. The Morgan fingerprint density at radius 2 is 2.14 bits per heavy atom. The van der Waals surface area contributed by atoms with Crippen LogP contribution in [0.3, 0.4) is 0 Å². The Morgan fingerprint density at radius 3 is 2.64 bits per heavy atom. The van der Waals surface area contributed by atoms with Crippen LogP contribution in [0.25, 0.3) is 0 Å². The lowest BCUT2D eigenvalue weighted by Gasteiger charge is -2.06. The van der Waals surface area contributed by atoms with Crippen molar-refractivity contribution < 1.29 is 0 Å². The van der Waals surface area contributed by atoms with Crippen molar-refractivity contribution in [1.29, 1.82) is 0 Å². The Morgan fingerprint density at radius 1 is 1.43 bits per heavy atom. The third kappa shape index (κ3) is 3.10. The summed E-state index contributed by atoms with van der Waals surface area (Å²) in [6.07, 6.45) is 2.96. The van der Waals surface area contributed by atoms with E-state index in [0.717, 1.165) is 30.9 Å². The van der Waals surface area contributed by atoms with Gasteiger partial charge < -0.3 is 5.73 Å². The fraction of sp³-hybridized carbons (Fsp3) is 0.800. The lowest BCUT2D eigenvalue weighted by atomic mass is 10.1. The Balaban J connectivity index is 2.51. The van der Waals surface area contributed by atoms with E-state index in [1.165, 1.54) is 0 Å². The molecule has 1 unspecified atom stereocenters. The van der Waals surface area contributed by atoms with Gasteiger partial charge in [-0.05, 0) is 6.42 Å². The summed E-state index contributed by atoms with van der Waals surface area (Å²) >= 11 is 0. The molecule has 1 aromatic rings. The topological polar surface area (TPSA) is 67.6 Å². The van der Waals surface area contributed by atoms with E-state index in [0.29, 0.717) is 5.92 Å². The minimum absolute atomic E-state index is 0.202. The highest BCUT2D eigenvalue weighted by Crippen LogP contribution is 2.09. The number of rotatable bonds is 5. The number of aromatic nitrogens is 3. The van der Waals surface area contributed by atoms with Gasteiger partial charge in [0, 0.05) is 18.4 Å². The Hall–Kier alpha value is -0.900. The van der Waals surface area contributed by atoms with Crippen LogP contribution >= 0.6 is 0 Å². The molecule has 1 aromatic heterocycles. The van der Waals surface area contributed by atoms with E-state index in [1.54, 1.807) is 0 Å². The van der Waals surface area contributed by atoms with E-state index in [4.69, 9.17) is 5.73 Å². The molecule has 4 heteroatoms. The van der Waals surface area contributed by atoms with Gasteiger partial charge in [0.2, 0.25) is 0 Å². The second kappa shape index (κ2) is 5.10. The van der Waals surface area contributed by atoms with Gasteiger partial charge in [-0.15, -0.1) is 0 Å². The Bertz CT molecular complexity index is 267. The third-order valence-electron chi connectivity index (χ3n) is 2.18. The summed E-state index contributed by atoms with van der Waals surface area (Å²) in [5.74, 6) is 2.17. The number of H-pyrrole nitrogens is 1. The van der Waals surface area contributed by atoms with Crippen molar-refractivity contribution in [2.45, 2.75) is 52.0 Å². The summed E-state index contributed by atoms with van der Waals surface area (Å²) < 4.78 is 0. The van der Waals surface area contributed by atoms with Crippen molar-refractivity contribution in [3.05, 3.63) is 11.6 Å². The van der Waals surface area contributed by atoms with Gasteiger partial charge in [-0.1, -0.05) is 27.2 Å². The third-order valence-corrected chi connectivity index (χ3v) is 2.18. The minimum Gasteiger partial charge on any atom is -0.327 e. The highest BCUT2D eigenvalue weighted by molar-refractivity contribution is 4.96. The summed E-state index contributed by atoms with van der Waals surface area (Å²) in [5.41, 5.74) is 5.91. The smallest absolute Gasteiger partial charge is 0.153 e. The van der Waals surface area contributed by atoms with E-state index in [2.05, 4.69) is 36.0 Å². The van der Waals surface area contributed by atoms with Gasteiger partial charge in [0.1, 0.15) is 5.82 Å². The molecule has 0 bridgehead atoms.